The van der Waals surface area contributed by atoms with E-state index < -0.39 is 0 Å². The second-order valence-electron chi connectivity index (χ2n) is 8.88. The topological polar surface area (TPSA) is 31.6 Å². The summed E-state index contributed by atoms with van der Waals surface area (Å²) in [5.41, 5.74) is 7.40. The van der Waals surface area contributed by atoms with E-state index in [9.17, 15) is 0 Å². The first kappa shape index (κ1) is 18.0. The fourth-order valence-corrected chi connectivity index (χ4v) is 5.52. The smallest absolute Gasteiger partial charge is 0.260 e. The monoisotopic (exact) mass is 436 g/mol. The van der Waals surface area contributed by atoms with E-state index in [2.05, 4.69) is 60.7 Å². The quantitative estimate of drug-likeness (QED) is 0.297. The number of rotatable bonds is 1. The summed E-state index contributed by atoms with van der Waals surface area (Å²) in [5.74, 6) is 3.53. The van der Waals surface area contributed by atoms with Gasteiger partial charge in [-0.05, 0) is 52.9 Å². The molecule has 158 valence electrons. The Morgan fingerprint density at radius 3 is 2.24 bits per heavy atom. The minimum atomic E-state index is 0.0679. The number of ether oxygens (including phenoxy) is 2. The molecule has 0 saturated carbocycles. The molecule has 0 saturated heterocycles. The molecule has 0 fully saturated rings. The van der Waals surface area contributed by atoms with Crippen molar-refractivity contribution in [3.63, 3.8) is 0 Å². The number of hydrogen-bond acceptors (Lipinski definition) is 3. The summed E-state index contributed by atoms with van der Waals surface area (Å²) in [4.78, 5) is 0. The molecule has 0 unspecified atom stereocenters. The third kappa shape index (κ3) is 2.37. The van der Waals surface area contributed by atoms with Gasteiger partial charge in [0.2, 0.25) is 0 Å². The van der Waals surface area contributed by atoms with E-state index in [-0.39, 0.29) is 6.71 Å². The van der Waals surface area contributed by atoms with Gasteiger partial charge in [-0.3, -0.25) is 0 Å². The molecule has 0 N–H and O–H groups in total. The van der Waals surface area contributed by atoms with E-state index in [1.807, 2.05) is 42.5 Å². The second kappa shape index (κ2) is 6.55. The molecule has 0 aliphatic carbocycles. The third-order valence-corrected chi connectivity index (χ3v) is 7.02. The molecule has 3 nitrogen and oxygen atoms in total. The van der Waals surface area contributed by atoms with E-state index in [4.69, 9.17) is 13.9 Å². The first-order valence-electron chi connectivity index (χ1n) is 11.5. The van der Waals surface area contributed by atoms with Crippen LogP contribution >= 0.6 is 0 Å². The Morgan fingerprint density at radius 1 is 0.529 bits per heavy atom. The van der Waals surface area contributed by atoms with E-state index >= 15 is 0 Å². The van der Waals surface area contributed by atoms with Gasteiger partial charge in [0.05, 0.1) is 0 Å². The Kier molecular flexibility index (Phi) is 3.48. The molecule has 8 rings (SSSR count). The van der Waals surface area contributed by atoms with Gasteiger partial charge in [-0.2, -0.15) is 0 Å². The van der Waals surface area contributed by atoms with Crippen molar-refractivity contribution >= 4 is 45.0 Å². The van der Waals surface area contributed by atoms with Gasteiger partial charge in [0.25, 0.3) is 6.71 Å². The predicted octanol–water partition coefficient (Wildman–Crippen LogP) is 5.98. The van der Waals surface area contributed by atoms with Crippen molar-refractivity contribution in [1.82, 2.24) is 0 Å². The molecule has 6 aromatic rings. The number of furan rings is 1. The highest BCUT2D eigenvalue weighted by Gasteiger charge is 2.40. The van der Waals surface area contributed by atoms with Crippen LogP contribution in [-0.2, 0) is 0 Å². The average Bonchev–Trinajstić information content (AvgIpc) is 3.26. The van der Waals surface area contributed by atoms with Crippen molar-refractivity contribution in [1.29, 1.82) is 0 Å². The van der Waals surface area contributed by atoms with E-state index in [0.717, 1.165) is 67.0 Å². The molecule has 5 aromatic carbocycles. The molecule has 34 heavy (non-hydrogen) atoms. The number of benzene rings is 5. The minimum absolute atomic E-state index is 0.0679. The normalized spacial score (nSPS) is 13.1. The molecular weight excluding hydrogens is 419 g/mol. The molecule has 2 aliphatic rings. The van der Waals surface area contributed by atoms with Crippen LogP contribution in [0.1, 0.15) is 0 Å². The zero-order chi connectivity index (χ0) is 22.2. The van der Waals surface area contributed by atoms with Crippen molar-refractivity contribution in [3.8, 4) is 34.1 Å². The predicted molar refractivity (Wildman–Crippen MR) is 137 cm³/mol. The first-order valence-corrected chi connectivity index (χ1v) is 11.5. The van der Waals surface area contributed by atoms with E-state index in [0.29, 0.717) is 0 Å². The Morgan fingerprint density at radius 2 is 1.26 bits per heavy atom. The lowest BCUT2D eigenvalue weighted by atomic mass is 9.34. The van der Waals surface area contributed by atoms with Crippen molar-refractivity contribution in [2.45, 2.75) is 0 Å². The van der Waals surface area contributed by atoms with Crippen LogP contribution in [-0.4, -0.2) is 6.71 Å². The summed E-state index contributed by atoms with van der Waals surface area (Å²) in [6.45, 7) is 0.0679. The number of hydrogen-bond donors (Lipinski definition) is 0. The zero-order valence-corrected chi connectivity index (χ0v) is 18.1. The molecule has 1 aromatic heterocycles. The summed E-state index contributed by atoms with van der Waals surface area (Å²) in [6, 6.07) is 35.4. The Bertz CT molecular complexity index is 1780. The molecular formula is C30H17BO3. The molecule has 0 radical (unpaired) electrons. The zero-order valence-electron chi connectivity index (χ0n) is 18.1. The minimum Gasteiger partial charge on any atom is -0.458 e. The second-order valence-corrected chi connectivity index (χ2v) is 8.88. The van der Waals surface area contributed by atoms with Crippen LogP contribution in [0.15, 0.2) is 108 Å². The van der Waals surface area contributed by atoms with Gasteiger partial charge in [-0.25, -0.2) is 0 Å². The van der Waals surface area contributed by atoms with Crippen LogP contribution in [0.3, 0.4) is 0 Å². The fourth-order valence-electron chi connectivity index (χ4n) is 5.52. The van der Waals surface area contributed by atoms with Crippen LogP contribution in [0.2, 0.25) is 0 Å². The van der Waals surface area contributed by atoms with Crippen molar-refractivity contribution < 1.29 is 13.9 Å². The van der Waals surface area contributed by atoms with Crippen molar-refractivity contribution in [3.05, 3.63) is 103 Å². The SMILES string of the molecule is c1ccc2c(c1)Oc1cccc3c1B2c1cccc(-c2ccc4oc5ccccc5c4c2)c1O3. The molecule has 0 bridgehead atoms. The third-order valence-electron chi connectivity index (χ3n) is 7.02. The first-order chi connectivity index (χ1) is 16.8. The van der Waals surface area contributed by atoms with Gasteiger partial charge in [0, 0.05) is 21.8 Å². The Labute approximate surface area is 196 Å². The van der Waals surface area contributed by atoms with Gasteiger partial charge in [0.15, 0.2) is 0 Å². The van der Waals surface area contributed by atoms with Crippen LogP contribution in [0.5, 0.6) is 23.0 Å². The van der Waals surface area contributed by atoms with Gasteiger partial charge < -0.3 is 13.9 Å². The van der Waals surface area contributed by atoms with Gasteiger partial charge >= 0.3 is 0 Å². The standard InChI is InChI=1S/C30H17BO3/c1-3-11-24-20(7-1)21-17-18(15-16-25(21)32-24)19-8-5-10-23-30(19)34-28-14-6-13-27-29(28)31(23)22-9-2-4-12-26(22)33-27/h1-17H. The molecule has 0 atom stereocenters. The number of fused-ring (bicyclic) bond motifs is 7. The summed E-state index contributed by atoms with van der Waals surface area (Å²) < 4.78 is 18.9. The van der Waals surface area contributed by atoms with Gasteiger partial charge in [-0.1, -0.05) is 66.7 Å². The highest BCUT2D eigenvalue weighted by atomic mass is 16.5. The lowest BCUT2D eigenvalue weighted by molar-refractivity contribution is 0.465. The highest BCUT2D eigenvalue weighted by molar-refractivity contribution is 6.98. The Hall–Kier alpha value is -4.44. The van der Waals surface area contributed by atoms with Gasteiger partial charge in [-0.15, -0.1) is 0 Å². The van der Waals surface area contributed by atoms with Crippen LogP contribution in [0.4, 0.5) is 0 Å². The molecule has 4 heteroatoms. The number of para-hydroxylation sites is 3. The van der Waals surface area contributed by atoms with Gasteiger partial charge in [0.1, 0.15) is 34.2 Å². The van der Waals surface area contributed by atoms with Crippen LogP contribution in [0.25, 0.3) is 33.1 Å². The maximum absolute atomic E-state index is 6.60. The lowest BCUT2D eigenvalue weighted by Crippen LogP contribution is -2.57. The summed E-state index contributed by atoms with van der Waals surface area (Å²) >= 11 is 0. The summed E-state index contributed by atoms with van der Waals surface area (Å²) in [6.07, 6.45) is 0. The highest BCUT2D eigenvalue weighted by Crippen LogP contribution is 2.40. The summed E-state index contributed by atoms with van der Waals surface area (Å²) in [5, 5.41) is 2.24. The van der Waals surface area contributed by atoms with Crippen LogP contribution < -0.4 is 25.9 Å². The molecule has 3 heterocycles. The van der Waals surface area contributed by atoms with E-state index in [1.54, 1.807) is 0 Å². The average molecular weight is 436 g/mol. The fraction of sp³-hybridized carbons (Fsp3) is 0. The summed E-state index contributed by atoms with van der Waals surface area (Å²) in [7, 11) is 0. The maximum atomic E-state index is 6.60. The Balaban J connectivity index is 1.38. The molecule has 0 amide bonds. The maximum Gasteiger partial charge on any atom is 0.260 e. The van der Waals surface area contributed by atoms with Crippen LogP contribution in [0, 0.1) is 0 Å². The lowest BCUT2D eigenvalue weighted by Gasteiger charge is -2.33. The van der Waals surface area contributed by atoms with Crippen molar-refractivity contribution in [2.24, 2.45) is 0 Å². The molecule has 0 spiro atoms. The molecule has 2 aliphatic heterocycles. The van der Waals surface area contributed by atoms with E-state index in [1.165, 1.54) is 5.46 Å². The van der Waals surface area contributed by atoms with Crippen molar-refractivity contribution in [2.75, 3.05) is 0 Å². The largest absolute Gasteiger partial charge is 0.458 e.